The molecule has 0 aliphatic carbocycles. The first-order valence-electron chi connectivity index (χ1n) is 9.80. The lowest BCUT2D eigenvalue weighted by Crippen LogP contribution is -2.44. The number of carbonyl (C=O) groups is 1. The summed E-state index contributed by atoms with van der Waals surface area (Å²) in [5, 5.41) is 4.60. The lowest BCUT2D eigenvalue weighted by atomic mass is 9.92. The number of amides is 1. The molecule has 3 rings (SSSR count). The van der Waals surface area contributed by atoms with Crippen LogP contribution in [0.25, 0.3) is 0 Å². The Labute approximate surface area is 156 Å². The van der Waals surface area contributed by atoms with Gasteiger partial charge in [-0.1, -0.05) is 20.8 Å². The molecule has 0 aromatic carbocycles. The molecule has 144 valence electrons. The van der Waals surface area contributed by atoms with Crippen molar-refractivity contribution in [3.8, 4) is 0 Å². The van der Waals surface area contributed by atoms with Gasteiger partial charge in [-0.15, -0.1) is 0 Å². The van der Waals surface area contributed by atoms with Gasteiger partial charge in [0.05, 0.1) is 5.69 Å². The summed E-state index contributed by atoms with van der Waals surface area (Å²) in [5.74, 6) is 0.767. The quantitative estimate of drug-likeness (QED) is 0.823. The van der Waals surface area contributed by atoms with E-state index in [0.717, 1.165) is 44.6 Å². The zero-order chi connectivity index (χ0) is 18.9. The molecular formula is C20H32N4O2. The third-order valence-electron chi connectivity index (χ3n) is 5.87. The van der Waals surface area contributed by atoms with Crippen molar-refractivity contribution in [1.82, 2.24) is 19.6 Å². The molecule has 1 atom stereocenters. The normalized spacial score (nSPS) is 23.0. The van der Waals surface area contributed by atoms with Crippen LogP contribution in [0, 0.1) is 5.92 Å². The first-order chi connectivity index (χ1) is 12.2. The number of likely N-dealkylation sites (tertiary alicyclic amines) is 2. The SMILES string of the molecule is CN1C(=O)CCC1CN1CCC(Cn2nc(C(C)(C)C)ccc2=O)CC1. The van der Waals surface area contributed by atoms with Gasteiger partial charge in [0.2, 0.25) is 5.91 Å². The summed E-state index contributed by atoms with van der Waals surface area (Å²) >= 11 is 0. The number of aromatic nitrogens is 2. The van der Waals surface area contributed by atoms with Gasteiger partial charge in [0.25, 0.3) is 5.56 Å². The van der Waals surface area contributed by atoms with E-state index in [9.17, 15) is 9.59 Å². The highest BCUT2D eigenvalue weighted by Crippen LogP contribution is 2.23. The highest BCUT2D eigenvalue weighted by Gasteiger charge is 2.30. The molecule has 1 aromatic heterocycles. The van der Waals surface area contributed by atoms with Gasteiger partial charge in [-0.2, -0.15) is 5.10 Å². The molecule has 1 aromatic rings. The van der Waals surface area contributed by atoms with Gasteiger partial charge in [0.1, 0.15) is 0 Å². The van der Waals surface area contributed by atoms with Crippen LogP contribution in [0.4, 0.5) is 0 Å². The Morgan fingerprint density at radius 3 is 2.35 bits per heavy atom. The molecule has 1 amide bonds. The molecule has 2 saturated heterocycles. The third kappa shape index (κ3) is 4.34. The molecule has 0 saturated carbocycles. The van der Waals surface area contributed by atoms with Crippen molar-refractivity contribution >= 4 is 5.91 Å². The minimum Gasteiger partial charge on any atom is -0.341 e. The van der Waals surface area contributed by atoms with Gasteiger partial charge in [0.15, 0.2) is 0 Å². The van der Waals surface area contributed by atoms with Crippen LogP contribution in [0.15, 0.2) is 16.9 Å². The van der Waals surface area contributed by atoms with Crippen LogP contribution in [-0.4, -0.2) is 58.2 Å². The molecule has 6 heteroatoms. The van der Waals surface area contributed by atoms with Gasteiger partial charge in [-0.05, 0) is 44.3 Å². The van der Waals surface area contributed by atoms with Gasteiger partial charge < -0.3 is 9.80 Å². The number of hydrogen-bond acceptors (Lipinski definition) is 4. The maximum absolute atomic E-state index is 12.2. The smallest absolute Gasteiger partial charge is 0.266 e. The second kappa shape index (κ2) is 7.51. The van der Waals surface area contributed by atoms with E-state index in [1.54, 1.807) is 10.7 Å². The third-order valence-corrected chi connectivity index (χ3v) is 5.87. The average Bonchev–Trinajstić information content (AvgIpc) is 2.89. The Balaban J connectivity index is 1.54. The van der Waals surface area contributed by atoms with Crippen molar-refractivity contribution in [2.45, 2.75) is 64.5 Å². The highest BCUT2D eigenvalue weighted by atomic mass is 16.2. The fraction of sp³-hybridized carbons (Fsp3) is 0.750. The van der Waals surface area contributed by atoms with E-state index in [1.165, 1.54) is 0 Å². The minimum absolute atomic E-state index is 0.00785. The molecular weight excluding hydrogens is 328 g/mol. The van der Waals surface area contributed by atoms with Gasteiger partial charge in [0, 0.05) is 44.1 Å². The monoisotopic (exact) mass is 360 g/mol. The predicted molar refractivity (Wildman–Crippen MR) is 102 cm³/mol. The second-order valence-electron chi connectivity index (χ2n) is 8.93. The maximum atomic E-state index is 12.2. The van der Waals surface area contributed by atoms with Crippen molar-refractivity contribution in [1.29, 1.82) is 0 Å². The van der Waals surface area contributed by atoms with Gasteiger partial charge >= 0.3 is 0 Å². The largest absolute Gasteiger partial charge is 0.341 e. The van der Waals surface area contributed by atoms with Crippen molar-refractivity contribution in [3.05, 3.63) is 28.2 Å². The second-order valence-corrected chi connectivity index (χ2v) is 8.93. The Morgan fingerprint density at radius 1 is 1.08 bits per heavy atom. The van der Waals surface area contributed by atoms with Crippen LogP contribution in [-0.2, 0) is 16.8 Å². The molecule has 26 heavy (non-hydrogen) atoms. The minimum atomic E-state index is -0.0520. The summed E-state index contributed by atoms with van der Waals surface area (Å²) in [6.45, 7) is 10.1. The molecule has 2 aliphatic heterocycles. The summed E-state index contributed by atoms with van der Waals surface area (Å²) in [7, 11) is 1.92. The van der Waals surface area contributed by atoms with Crippen LogP contribution in [0.5, 0.6) is 0 Å². The fourth-order valence-electron chi connectivity index (χ4n) is 3.95. The lowest BCUT2D eigenvalue weighted by Gasteiger charge is -2.35. The van der Waals surface area contributed by atoms with E-state index in [-0.39, 0.29) is 16.9 Å². The van der Waals surface area contributed by atoms with E-state index in [2.05, 4.69) is 30.8 Å². The summed E-state index contributed by atoms with van der Waals surface area (Å²) < 4.78 is 1.66. The topological polar surface area (TPSA) is 58.4 Å². The molecule has 3 heterocycles. The van der Waals surface area contributed by atoms with Crippen LogP contribution in [0.1, 0.15) is 52.1 Å². The van der Waals surface area contributed by atoms with Crippen molar-refractivity contribution < 1.29 is 4.79 Å². The van der Waals surface area contributed by atoms with Crippen LogP contribution in [0.2, 0.25) is 0 Å². The number of rotatable bonds is 4. The zero-order valence-corrected chi connectivity index (χ0v) is 16.6. The molecule has 0 N–H and O–H groups in total. The molecule has 2 fully saturated rings. The Kier molecular flexibility index (Phi) is 5.51. The van der Waals surface area contributed by atoms with Crippen LogP contribution < -0.4 is 5.56 Å². The molecule has 1 unspecified atom stereocenters. The molecule has 2 aliphatic rings. The Bertz CT molecular complexity index is 698. The predicted octanol–water partition coefficient (Wildman–Crippen LogP) is 1.87. The van der Waals surface area contributed by atoms with E-state index in [4.69, 9.17) is 0 Å². The standard InChI is InChI=1S/C20H32N4O2/c1-20(2,3)17-6-8-19(26)24(21-17)13-15-9-11-23(12-10-15)14-16-5-7-18(25)22(16)4/h6,8,15-16H,5,7,9-14H2,1-4H3. The van der Waals surface area contributed by atoms with Gasteiger partial charge in [-0.3, -0.25) is 9.59 Å². The molecule has 0 radical (unpaired) electrons. The summed E-state index contributed by atoms with van der Waals surface area (Å²) in [6, 6.07) is 3.86. The first kappa shape index (κ1) is 19.1. The van der Waals surface area contributed by atoms with Crippen molar-refractivity contribution in [3.63, 3.8) is 0 Å². The zero-order valence-electron chi connectivity index (χ0n) is 16.6. The summed E-state index contributed by atoms with van der Waals surface area (Å²) in [5.41, 5.74) is 0.902. The summed E-state index contributed by atoms with van der Waals surface area (Å²) in [6.07, 6.45) is 3.83. The van der Waals surface area contributed by atoms with E-state index in [1.807, 2.05) is 18.0 Å². The van der Waals surface area contributed by atoms with Gasteiger partial charge in [-0.25, -0.2) is 4.68 Å². The number of piperidine rings is 1. The Morgan fingerprint density at radius 2 is 1.77 bits per heavy atom. The average molecular weight is 361 g/mol. The number of nitrogens with zero attached hydrogens (tertiary/aromatic N) is 4. The molecule has 0 bridgehead atoms. The highest BCUT2D eigenvalue weighted by molar-refractivity contribution is 5.78. The fourth-order valence-corrected chi connectivity index (χ4v) is 3.95. The van der Waals surface area contributed by atoms with E-state index in [0.29, 0.717) is 24.9 Å². The summed E-state index contributed by atoms with van der Waals surface area (Å²) in [4.78, 5) is 28.2. The number of likely N-dealkylation sites (N-methyl/N-ethyl adjacent to an activating group) is 1. The molecule has 0 spiro atoms. The first-order valence-corrected chi connectivity index (χ1v) is 9.80. The number of hydrogen-bond donors (Lipinski definition) is 0. The molecule has 6 nitrogen and oxygen atoms in total. The van der Waals surface area contributed by atoms with Crippen LogP contribution in [0.3, 0.4) is 0 Å². The maximum Gasteiger partial charge on any atom is 0.266 e. The van der Waals surface area contributed by atoms with Crippen molar-refractivity contribution in [2.24, 2.45) is 5.92 Å². The van der Waals surface area contributed by atoms with Crippen LogP contribution >= 0.6 is 0 Å². The van der Waals surface area contributed by atoms with E-state index >= 15 is 0 Å². The lowest BCUT2D eigenvalue weighted by molar-refractivity contribution is -0.127. The van der Waals surface area contributed by atoms with E-state index < -0.39 is 0 Å². The van der Waals surface area contributed by atoms with Crippen molar-refractivity contribution in [2.75, 3.05) is 26.7 Å². The number of carbonyl (C=O) groups excluding carboxylic acids is 1. The Hall–Kier alpha value is -1.69.